The largest absolute Gasteiger partial charge is 0.391 e. The lowest BCUT2D eigenvalue weighted by Crippen LogP contribution is -2.33. The first-order valence-electron chi connectivity index (χ1n) is 6.47. The molecule has 0 spiro atoms. The number of nitrogens with one attached hydrogen (secondary N) is 1. The Morgan fingerprint density at radius 2 is 2.11 bits per heavy atom. The van der Waals surface area contributed by atoms with Gasteiger partial charge in [0, 0.05) is 6.54 Å². The van der Waals surface area contributed by atoms with E-state index < -0.39 is 6.10 Å². The van der Waals surface area contributed by atoms with Gasteiger partial charge in [0.05, 0.1) is 12.5 Å². The number of aliphatic hydroxyl groups is 1. The number of carbonyl (C=O) groups is 1. The van der Waals surface area contributed by atoms with E-state index in [9.17, 15) is 9.90 Å². The Labute approximate surface area is 109 Å². The first-order chi connectivity index (χ1) is 8.47. The van der Waals surface area contributed by atoms with Crippen molar-refractivity contribution in [2.24, 2.45) is 5.92 Å². The summed E-state index contributed by atoms with van der Waals surface area (Å²) in [4.78, 5) is 11.7. The smallest absolute Gasteiger partial charge is 0.224 e. The Morgan fingerprint density at radius 3 is 2.72 bits per heavy atom. The van der Waals surface area contributed by atoms with Crippen LogP contribution in [-0.4, -0.2) is 23.7 Å². The van der Waals surface area contributed by atoms with Crippen molar-refractivity contribution >= 4 is 5.91 Å². The molecule has 0 saturated heterocycles. The third-order valence-electron chi connectivity index (χ3n) is 2.73. The van der Waals surface area contributed by atoms with Gasteiger partial charge in [-0.25, -0.2) is 0 Å². The summed E-state index contributed by atoms with van der Waals surface area (Å²) >= 11 is 0. The van der Waals surface area contributed by atoms with Crippen molar-refractivity contribution in [1.29, 1.82) is 0 Å². The van der Waals surface area contributed by atoms with Crippen LogP contribution in [0.4, 0.5) is 0 Å². The highest BCUT2D eigenvalue weighted by Crippen LogP contribution is 2.05. The third kappa shape index (κ3) is 5.82. The molecule has 0 heterocycles. The summed E-state index contributed by atoms with van der Waals surface area (Å²) < 4.78 is 0. The predicted octanol–water partition coefficient (Wildman–Crippen LogP) is 2.06. The van der Waals surface area contributed by atoms with Gasteiger partial charge in [0.25, 0.3) is 0 Å². The first kappa shape index (κ1) is 14.7. The van der Waals surface area contributed by atoms with Crippen molar-refractivity contribution in [3.63, 3.8) is 0 Å². The van der Waals surface area contributed by atoms with Crippen LogP contribution < -0.4 is 5.32 Å². The molecule has 0 fully saturated rings. The molecule has 3 heteroatoms. The van der Waals surface area contributed by atoms with Crippen LogP contribution in [0.15, 0.2) is 24.3 Å². The minimum Gasteiger partial charge on any atom is -0.391 e. The highest BCUT2D eigenvalue weighted by atomic mass is 16.3. The van der Waals surface area contributed by atoms with Crippen molar-refractivity contribution in [3.05, 3.63) is 35.4 Å². The van der Waals surface area contributed by atoms with Crippen LogP contribution in [0.1, 0.15) is 31.4 Å². The molecule has 0 aliphatic heterocycles. The van der Waals surface area contributed by atoms with E-state index in [1.807, 2.05) is 31.2 Å². The maximum absolute atomic E-state index is 11.7. The minimum atomic E-state index is -0.452. The van der Waals surface area contributed by atoms with Crippen LogP contribution in [0, 0.1) is 12.8 Å². The molecule has 0 aromatic heterocycles. The molecular formula is C15H23NO2. The van der Waals surface area contributed by atoms with Gasteiger partial charge >= 0.3 is 0 Å². The van der Waals surface area contributed by atoms with Gasteiger partial charge in [-0.1, -0.05) is 43.7 Å². The molecule has 1 amide bonds. The van der Waals surface area contributed by atoms with Gasteiger partial charge in [-0.15, -0.1) is 0 Å². The zero-order valence-electron chi connectivity index (χ0n) is 11.4. The average Bonchev–Trinajstić information content (AvgIpc) is 2.25. The van der Waals surface area contributed by atoms with Gasteiger partial charge in [0.1, 0.15) is 0 Å². The van der Waals surface area contributed by atoms with Gasteiger partial charge in [-0.2, -0.15) is 0 Å². The number of benzene rings is 1. The number of amides is 1. The van der Waals surface area contributed by atoms with Crippen molar-refractivity contribution < 1.29 is 9.90 Å². The van der Waals surface area contributed by atoms with E-state index in [-0.39, 0.29) is 5.91 Å². The fraction of sp³-hybridized carbons (Fsp3) is 0.533. The molecule has 0 saturated carbocycles. The monoisotopic (exact) mass is 249 g/mol. The molecule has 2 N–H and O–H groups in total. The van der Waals surface area contributed by atoms with Crippen molar-refractivity contribution in [3.8, 4) is 0 Å². The van der Waals surface area contributed by atoms with Crippen molar-refractivity contribution in [2.75, 3.05) is 6.54 Å². The molecule has 1 aromatic carbocycles. The van der Waals surface area contributed by atoms with Gasteiger partial charge in [0.15, 0.2) is 0 Å². The summed E-state index contributed by atoms with van der Waals surface area (Å²) in [5.41, 5.74) is 2.16. The normalized spacial score (nSPS) is 12.5. The van der Waals surface area contributed by atoms with E-state index in [0.29, 0.717) is 25.3 Å². The lowest BCUT2D eigenvalue weighted by atomic mass is 10.1. The van der Waals surface area contributed by atoms with E-state index in [0.717, 1.165) is 11.1 Å². The predicted molar refractivity (Wildman–Crippen MR) is 73.4 cm³/mol. The number of hydrogen-bond donors (Lipinski definition) is 2. The second-order valence-corrected chi connectivity index (χ2v) is 5.25. The number of hydrogen-bond acceptors (Lipinski definition) is 2. The Morgan fingerprint density at radius 1 is 1.39 bits per heavy atom. The minimum absolute atomic E-state index is 0.0385. The van der Waals surface area contributed by atoms with Crippen LogP contribution in [0.3, 0.4) is 0 Å². The van der Waals surface area contributed by atoms with Crippen LogP contribution in [-0.2, 0) is 11.2 Å². The number of carbonyl (C=O) groups excluding carboxylic acids is 1. The summed E-state index contributed by atoms with van der Waals surface area (Å²) in [5.74, 6) is 0.400. The zero-order chi connectivity index (χ0) is 13.5. The highest BCUT2D eigenvalue weighted by Gasteiger charge is 2.09. The molecule has 3 nitrogen and oxygen atoms in total. The van der Waals surface area contributed by atoms with Crippen molar-refractivity contribution in [1.82, 2.24) is 5.32 Å². The van der Waals surface area contributed by atoms with Crippen LogP contribution in [0.25, 0.3) is 0 Å². The first-order valence-corrected chi connectivity index (χ1v) is 6.47. The third-order valence-corrected chi connectivity index (χ3v) is 2.73. The number of aliphatic hydroxyl groups excluding tert-OH is 1. The molecule has 1 atom stereocenters. The van der Waals surface area contributed by atoms with Crippen LogP contribution in [0.2, 0.25) is 0 Å². The van der Waals surface area contributed by atoms with Gasteiger partial charge in [0.2, 0.25) is 5.91 Å². The summed E-state index contributed by atoms with van der Waals surface area (Å²) in [6.07, 6.45) is 0.632. The molecule has 0 aliphatic carbocycles. The number of aryl methyl sites for hydroxylation is 1. The summed E-state index contributed by atoms with van der Waals surface area (Å²) in [6, 6.07) is 7.90. The van der Waals surface area contributed by atoms with E-state index in [1.54, 1.807) is 0 Å². The molecule has 1 unspecified atom stereocenters. The second kappa shape index (κ2) is 7.17. The molecule has 1 rings (SSSR count). The quantitative estimate of drug-likeness (QED) is 0.810. The molecule has 0 aliphatic rings. The van der Waals surface area contributed by atoms with Crippen LogP contribution in [0.5, 0.6) is 0 Å². The Hall–Kier alpha value is -1.35. The Bertz CT molecular complexity index is 388. The fourth-order valence-corrected chi connectivity index (χ4v) is 1.93. The van der Waals surface area contributed by atoms with Gasteiger partial charge < -0.3 is 10.4 Å². The number of rotatable bonds is 6. The van der Waals surface area contributed by atoms with Gasteiger partial charge in [-0.3, -0.25) is 4.79 Å². The fourth-order valence-electron chi connectivity index (χ4n) is 1.93. The highest BCUT2D eigenvalue weighted by molar-refractivity contribution is 5.78. The lowest BCUT2D eigenvalue weighted by Gasteiger charge is -2.13. The lowest BCUT2D eigenvalue weighted by molar-refractivity contribution is -0.120. The summed E-state index contributed by atoms with van der Waals surface area (Å²) in [7, 11) is 0. The molecule has 18 heavy (non-hydrogen) atoms. The maximum Gasteiger partial charge on any atom is 0.224 e. The van der Waals surface area contributed by atoms with E-state index in [1.165, 1.54) is 0 Å². The standard InChI is InChI=1S/C15H23NO2/c1-11(2)7-14(17)10-16-15(18)9-13-6-4-5-12(3)8-13/h4-6,8,11,14,17H,7,9-10H2,1-3H3,(H,16,18). The SMILES string of the molecule is Cc1cccc(CC(=O)NCC(O)CC(C)C)c1. The van der Waals surface area contributed by atoms with E-state index in [2.05, 4.69) is 19.2 Å². The Kier molecular flexibility index (Phi) is 5.86. The molecule has 1 aromatic rings. The summed E-state index contributed by atoms with van der Waals surface area (Å²) in [6.45, 7) is 6.45. The average molecular weight is 249 g/mol. The zero-order valence-corrected chi connectivity index (χ0v) is 11.4. The Balaban J connectivity index is 2.34. The maximum atomic E-state index is 11.7. The van der Waals surface area contributed by atoms with Crippen LogP contribution >= 0.6 is 0 Å². The molecular weight excluding hydrogens is 226 g/mol. The summed E-state index contributed by atoms with van der Waals surface area (Å²) in [5, 5.41) is 12.4. The van der Waals surface area contributed by atoms with Gasteiger partial charge in [-0.05, 0) is 24.8 Å². The molecule has 0 radical (unpaired) electrons. The molecule has 0 bridgehead atoms. The van der Waals surface area contributed by atoms with E-state index >= 15 is 0 Å². The van der Waals surface area contributed by atoms with Crippen molar-refractivity contribution in [2.45, 2.75) is 39.7 Å². The molecule has 100 valence electrons. The van der Waals surface area contributed by atoms with E-state index in [4.69, 9.17) is 0 Å². The second-order valence-electron chi connectivity index (χ2n) is 5.25. The topological polar surface area (TPSA) is 49.3 Å².